The lowest BCUT2D eigenvalue weighted by atomic mass is 10.1. The van der Waals surface area contributed by atoms with Gasteiger partial charge in [-0.15, -0.1) is 0 Å². The van der Waals surface area contributed by atoms with Crippen LogP contribution in [0.2, 0.25) is 6.04 Å². The van der Waals surface area contributed by atoms with Crippen LogP contribution in [0.1, 0.15) is 27.2 Å². The van der Waals surface area contributed by atoms with E-state index in [1.54, 1.807) is 45.3 Å². The maximum absolute atomic E-state index is 14.2. The lowest BCUT2D eigenvalue weighted by Crippen LogP contribution is -2.58. The average molecular weight is 672 g/mol. The molecule has 252 valence electrons. The number of nitrogens with one attached hydrogen (secondary N) is 1. The molecule has 0 fully saturated rings. The third kappa shape index (κ3) is 10.9. The molecular weight excluding hydrogens is 632 g/mol. The van der Waals surface area contributed by atoms with E-state index in [0.717, 1.165) is 11.1 Å². The van der Waals surface area contributed by atoms with E-state index in [2.05, 4.69) is 14.8 Å². The Hall–Kier alpha value is -3.28. The standard InChI is InChI=1S/C28H38F6N3O7Si/c1-5-42-45(43-6-2,44-7-3)19-13-35-25(39)41-21-27(31,32)28(33,34)26(29,30)20-40-24(38)12-18-37-16-10-23(11-17-37)22-8-14-36(4)15-9-22/h8-11,14-17H,5-7,12-13,18-21H2,1-4H3/q+1/p+1. The minimum atomic E-state index is -6.03. The lowest BCUT2D eigenvalue weighted by Gasteiger charge is -2.32. The van der Waals surface area contributed by atoms with Crippen molar-refractivity contribution in [2.75, 3.05) is 39.6 Å². The normalized spacial score (nSPS) is 12.6. The molecule has 2 aromatic rings. The summed E-state index contributed by atoms with van der Waals surface area (Å²) in [6.45, 7) is 0.751. The summed E-state index contributed by atoms with van der Waals surface area (Å²) < 4.78 is 114. The van der Waals surface area contributed by atoms with Gasteiger partial charge in [-0.2, -0.15) is 26.3 Å². The Morgan fingerprint density at radius 3 is 1.73 bits per heavy atom. The van der Waals surface area contributed by atoms with E-state index in [-0.39, 0.29) is 39.0 Å². The highest BCUT2D eigenvalue weighted by molar-refractivity contribution is 6.60. The number of carbonyl (C=O) groups excluding carboxylic acids is 2. The van der Waals surface area contributed by atoms with E-state index in [9.17, 15) is 35.9 Å². The Balaban J connectivity index is 1.85. The summed E-state index contributed by atoms with van der Waals surface area (Å²) >= 11 is 0. The molecule has 0 aliphatic carbocycles. The zero-order valence-electron chi connectivity index (χ0n) is 25.5. The van der Waals surface area contributed by atoms with Crippen molar-refractivity contribution in [3.63, 3.8) is 0 Å². The molecule has 0 atom stereocenters. The van der Waals surface area contributed by atoms with Crippen LogP contribution in [0, 0.1) is 0 Å². The number of hydrogen-bond acceptors (Lipinski definition) is 7. The second kappa shape index (κ2) is 16.9. The quantitative estimate of drug-likeness (QED) is 0.104. The van der Waals surface area contributed by atoms with Gasteiger partial charge in [0.05, 0.1) is 0 Å². The largest absolute Gasteiger partial charge is 0.502 e. The first-order chi connectivity index (χ1) is 21.1. The third-order valence-electron chi connectivity index (χ3n) is 6.29. The molecule has 0 saturated carbocycles. The van der Waals surface area contributed by atoms with Crippen LogP contribution in [0.25, 0.3) is 11.1 Å². The number of amides is 1. The number of aromatic nitrogens is 2. The number of halogens is 6. The highest BCUT2D eigenvalue weighted by Gasteiger charge is 2.72. The summed E-state index contributed by atoms with van der Waals surface area (Å²) in [6, 6.07) is 7.28. The van der Waals surface area contributed by atoms with Gasteiger partial charge >= 0.3 is 38.6 Å². The van der Waals surface area contributed by atoms with Gasteiger partial charge in [0.25, 0.3) is 0 Å². The number of aryl methyl sites for hydroxylation is 2. The first-order valence-electron chi connectivity index (χ1n) is 14.2. The van der Waals surface area contributed by atoms with E-state index in [1.165, 1.54) is 4.57 Å². The number of ether oxygens (including phenoxy) is 2. The molecule has 0 radical (unpaired) electrons. The van der Waals surface area contributed by atoms with Crippen LogP contribution < -0.4 is 14.5 Å². The topological polar surface area (TPSA) is 100 Å². The average Bonchev–Trinajstić information content (AvgIpc) is 2.99. The van der Waals surface area contributed by atoms with Gasteiger partial charge in [-0.05, 0) is 31.9 Å². The number of alkyl halides is 6. The smallest absolute Gasteiger partial charge is 0.459 e. The summed E-state index contributed by atoms with van der Waals surface area (Å²) in [5.41, 5.74) is 1.79. The summed E-state index contributed by atoms with van der Waals surface area (Å²) in [6.07, 6.45) is 4.89. The number of carbonyl (C=O) groups is 2. The highest BCUT2D eigenvalue weighted by Crippen LogP contribution is 2.46. The Bertz CT molecular complexity index is 1210. The van der Waals surface area contributed by atoms with Gasteiger partial charge < -0.3 is 28.1 Å². The monoisotopic (exact) mass is 671 g/mol. The molecule has 0 bridgehead atoms. The van der Waals surface area contributed by atoms with Gasteiger partial charge in [0.1, 0.15) is 13.5 Å². The van der Waals surface area contributed by atoms with Crippen molar-refractivity contribution in [2.45, 2.75) is 57.5 Å². The fraction of sp³-hybridized carbons (Fsp3) is 0.571. The first-order valence-corrected chi connectivity index (χ1v) is 16.1. The first kappa shape index (κ1) is 37.9. The maximum Gasteiger partial charge on any atom is 0.502 e. The zero-order chi connectivity index (χ0) is 33.7. The Morgan fingerprint density at radius 1 is 0.778 bits per heavy atom. The van der Waals surface area contributed by atoms with Crippen LogP contribution >= 0.6 is 0 Å². The van der Waals surface area contributed by atoms with E-state index < -0.39 is 58.3 Å². The molecule has 0 unspecified atom stereocenters. The van der Waals surface area contributed by atoms with Crippen molar-refractivity contribution in [1.29, 1.82) is 0 Å². The second-order valence-electron chi connectivity index (χ2n) is 9.71. The Morgan fingerprint density at radius 2 is 1.24 bits per heavy atom. The SMILES string of the molecule is CCO[Si](CCNC(=O)OCC(F)(F)C(F)(F)C(F)(F)COC(=O)CC[n+]1ccc(-c2cc[n+](C)cc2)cc1)(OCC)OCC. The molecule has 1 amide bonds. The highest BCUT2D eigenvalue weighted by atomic mass is 28.4. The number of rotatable bonds is 19. The van der Waals surface area contributed by atoms with Gasteiger partial charge in [0, 0.05) is 56.7 Å². The number of pyridine rings is 2. The van der Waals surface area contributed by atoms with Crippen molar-refractivity contribution in [1.82, 2.24) is 5.32 Å². The molecule has 2 rings (SSSR count). The predicted molar refractivity (Wildman–Crippen MR) is 148 cm³/mol. The molecule has 1 N–H and O–H groups in total. The molecule has 2 heterocycles. The van der Waals surface area contributed by atoms with E-state index in [1.807, 2.05) is 36.1 Å². The Kier molecular flexibility index (Phi) is 14.2. The minimum absolute atomic E-state index is 0.00413. The molecule has 0 aliphatic rings. The van der Waals surface area contributed by atoms with Crippen molar-refractivity contribution >= 4 is 20.9 Å². The maximum atomic E-state index is 14.2. The number of hydrogen-bond donors (Lipinski definition) is 1. The summed E-state index contributed by atoms with van der Waals surface area (Å²) in [7, 11) is -1.35. The fourth-order valence-corrected chi connectivity index (χ4v) is 6.36. The van der Waals surface area contributed by atoms with Gasteiger partial charge in [-0.25, -0.2) is 13.9 Å². The predicted octanol–water partition coefficient (Wildman–Crippen LogP) is 4.08. The number of esters is 1. The summed E-state index contributed by atoms with van der Waals surface area (Å²) in [5, 5.41) is 2.05. The van der Waals surface area contributed by atoms with Crippen molar-refractivity contribution in [3.8, 4) is 11.1 Å². The summed E-state index contributed by atoms with van der Waals surface area (Å²) in [4.78, 5) is 23.8. The molecule has 10 nitrogen and oxygen atoms in total. The summed E-state index contributed by atoms with van der Waals surface area (Å²) in [5.74, 6) is -18.3. The van der Waals surface area contributed by atoms with Crippen LogP contribution in [-0.4, -0.2) is 78.2 Å². The lowest BCUT2D eigenvalue weighted by molar-refractivity contribution is -0.695. The van der Waals surface area contributed by atoms with Crippen molar-refractivity contribution in [2.24, 2.45) is 7.05 Å². The van der Waals surface area contributed by atoms with Crippen LogP contribution in [-0.2, 0) is 41.1 Å². The fourth-order valence-electron chi connectivity index (χ4n) is 3.93. The molecule has 0 aliphatic heterocycles. The van der Waals surface area contributed by atoms with Gasteiger partial charge in [-0.1, -0.05) is 0 Å². The Labute approximate surface area is 258 Å². The van der Waals surface area contributed by atoms with E-state index in [0.29, 0.717) is 0 Å². The zero-order valence-corrected chi connectivity index (χ0v) is 26.5. The van der Waals surface area contributed by atoms with Crippen LogP contribution in [0.4, 0.5) is 31.1 Å². The molecule has 0 spiro atoms. The molecule has 0 aromatic carbocycles. The van der Waals surface area contributed by atoms with Crippen LogP contribution in [0.5, 0.6) is 0 Å². The minimum Gasteiger partial charge on any atom is -0.459 e. The molecule has 0 saturated heterocycles. The van der Waals surface area contributed by atoms with Crippen LogP contribution in [0.3, 0.4) is 0 Å². The van der Waals surface area contributed by atoms with Crippen molar-refractivity contribution in [3.05, 3.63) is 49.1 Å². The van der Waals surface area contributed by atoms with Gasteiger partial charge in [-0.3, -0.25) is 4.79 Å². The molecule has 2 aromatic heterocycles. The van der Waals surface area contributed by atoms with Crippen LogP contribution in [0.15, 0.2) is 49.1 Å². The van der Waals surface area contributed by atoms with E-state index >= 15 is 0 Å². The van der Waals surface area contributed by atoms with Crippen molar-refractivity contribution < 1.29 is 67.8 Å². The second-order valence-corrected chi connectivity index (χ2v) is 12.4. The molecular formula is C28H39F6N3O7Si+2. The molecule has 17 heteroatoms. The third-order valence-corrected chi connectivity index (χ3v) is 9.34. The number of alkyl carbamates (subject to hydrolysis) is 1. The van der Waals surface area contributed by atoms with Gasteiger partial charge in [0.2, 0.25) is 0 Å². The van der Waals surface area contributed by atoms with Gasteiger partial charge in [0.15, 0.2) is 44.5 Å². The van der Waals surface area contributed by atoms with E-state index in [4.69, 9.17) is 13.3 Å². The number of nitrogens with zero attached hydrogens (tertiary/aromatic N) is 2. The molecule has 45 heavy (non-hydrogen) atoms.